The second-order valence-electron chi connectivity index (χ2n) is 7.37. The van der Waals surface area contributed by atoms with Crippen LogP contribution in [0.4, 0.5) is 5.00 Å². The van der Waals surface area contributed by atoms with E-state index >= 15 is 0 Å². The lowest BCUT2D eigenvalue weighted by molar-refractivity contribution is -0.113. The molecule has 33 heavy (non-hydrogen) atoms. The van der Waals surface area contributed by atoms with Crippen LogP contribution in [0.2, 0.25) is 0 Å². The van der Waals surface area contributed by atoms with Gasteiger partial charge in [-0.1, -0.05) is 11.8 Å². The number of carbonyl (C=O) groups excluding carboxylic acids is 2. The maximum atomic E-state index is 12.8. The van der Waals surface area contributed by atoms with Crippen LogP contribution in [0.15, 0.2) is 41.7 Å². The van der Waals surface area contributed by atoms with E-state index in [9.17, 15) is 14.9 Å². The van der Waals surface area contributed by atoms with Crippen molar-refractivity contribution in [2.75, 3.05) is 17.7 Å². The van der Waals surface area contributed by atoms with Crippen LogP contribution in [0.25, 0.3) is 11.3 Å². The molecule has 0 bridgehead atoms. The smallest absolute Gasteiger partial charge is 0.341 e. The van der Waals surface area contributed by atoms with Crippen LogP contribution in [-0.2, 0) is 22.4 Å². The Morgan fingerprint density at radius 1 is 1.21 bits per heavy atom. The highest BCUT2D eigenvalue weighted by Crippen LogP contribution is 2.38. The lowest BCUT2D eigenvalue weighted by Gasteiger charge is -2.12. The Labute approximate surface area is 200 Å². The number of nitrogens with one attached hydrogen (secondary N) is 1. The van der Waals surface area contributed by atoms with Gasteiger partial charge in [-0.25, -0.2) is 9.78 Å². The molecule has 4 rings (SSSR count). The normalized spacial score (nSPS) is 12.5. The number of nitrogens with zero attached hydrogens (tertiary/aromatic N) is 3. The second-order valence-corrected chi connectivity index (χ2v) is 9.44. The minimum atomic E-state index is -0.390. The molecular formula is C24H22N4O3S2. The van der Waals surface area contributed by atoms with Gasteiger partial charge in [-0.15, -0.1) is 11.3 Å². The highest BCUT2D eigenvalue weighted by Gasteiger charge is 2.27. The zero-order valence-corrected chi connectivity index (χ0v) is 19.7. The van der Waals surface area contributed by atoms with Crippen molar-refractivity contribution in [1.82, 2.24) is 9.97 Å². The Morgan fingerprint density at radius 2 is 2.00 bits per heavy atom. The standard InChI is InChI=1S/C24H22N4O3S2/c1-2-31-24(30)21-17-5-3-4-6-19(17)33-23(21)28-20(29)14-32-22-16(13-25)7-8-18(27-22)15-9-11-26-12-10-15/h7-12H,2-6,14H2,1H3,(H,28,29). The molecule has 9 heteroatoms. The van der Waals surface area contributed by atoms with E-state index in [2.05, 4.69) is 21.4 Å². The van der Waals surface area contributed by atoms with Gasteiger partial charge in [0.1, 0.15) is 16.1 Å². The minimum Gasteiger partial charge on any atom is -0.462 e. The molecule has 0 fully saturated rings. The summed E-state index contributed by atoms with van der Waals surface area (Å²) in [4.78, 5) is 35.1. The number of pyridine rings is 2. The first-order valence-electron chi connectivity index (χ1n) is 10.7. The zero-order chi connectivity index (χ0) is 23.2. The average Bonchev–Trinajstić information content (AvgIpc) is 3.21. The molecule has 3 aromatic heterocycles. The van der Waals surface area contributed by atoms with Crippen molar-refractivity contribution in [2.45, 2.75) is 37.6 Å². The highest BCUT2D eigenvalue weighted by molar-refractivity contribution is 8.00. The fraction of sp³-hybridized carbons (Fsp3) is 0.292. The predicted octanol–water partition coefficient (Wildman–Crippen LogP) is 4.86. The molecular weight excluding hydrogens is 456 g/mol. The lowest BCUT2D eigenvalue weighted by atomic mass is 9.95. The Kier molecular flexibility index (Phi) is 7.37. The summed E-state index contributed by atoms with van der Waals surface area (Å²) in [5.74, 6) is -0.589. The quantitative estimate of drug-likeness (QED) is 0.382. The van der Waals surface area contributed by atoms with Crippen LogP contribution < -0.4 is 5.32 Å². The number of amides is 1. The van der Waals surface area contributed by atoms with Crippen LogP contribution in [0.3, 0.4) is 0 Å². The number of aryl methyl sites for hydroxylation is 1. The number of nitriles is 1. The van der Waals surface area contributed by atoms with Crippen molar-refractivity contribution in [3.8, 4) is 17.3 Å². The van der Waals surface area contributed by atoms with Crippen molar-refractivity contribution in [2.24, 2.45) is 0 Å². The molecule has 3 aromatic rings. The molecule has 3 heterocycles. The van der Waals surface area contributed by atoms with Gasteiger partial charge < -0.3 is 10.1 Å². The number of fused-ring (bicyclic) bond motifs is 1. The summed E-state index contributed by atoms with van der Waals surface area (Å²) in [6.07, 6.45) is 7.19. The molecule has 1 amide bonds. The molecule has 7 nitrogen and oxygen atoms in total. The maximum absolute atomic E-state index is 12.8. The monoisotopic (exact) mass is 478 g/mol. The molecule has 0 radical (unpaired) electrons. The van der Waals surface area contributed by atoms with Gasteiger partial charge >= 0.3 is 5.97 Å². The van der Waals surface area contributed by atoms with Gasteiger partial charge in [0.15, 0.2) is 0 Å². The summed E-state index contributed by atoms with van der Waals surface area (Å²) in [5.41, 5.74) is 3.49. The van der Waals surface area contributed by atoms with Gasteiger partial charge in [-0.05, 0) is 62.4 Å². The van der Waals surface area contributed by atoms with E-state index in [0.29, 0.717) is 26.8 Å². The van der Waals surface area contributed by atoms with Gasteiger partial charge in [0, 0.05) is 22.8 Å². The van der Waals surface area contributed by atoms with Gasteiger partial charge in [0.05, 0.1) is 29.2 Å². The van der Waals surface area contributed by atoms with Crippen LogP contribution in [-0.4, -0.2) is 34.2 Å². The van der Waals surface area contributed by atoms with Crippen LogP contribution in [0.1, 0.15) is 46.1 Å². The SMILES string of the molecule is CCOC(=O)c1c(NC(=O)CSc2nc(-c3ccncc3)ccc2C#N)sc2c1CCCC2. The number of anilines is 1. The molecule has 0 unspecified atom stereocenters. The first-order valence-corrected chi connectivity index (χ1v) is 12.5. The molecule has 0 saturated carbocycles. The van der Waals surface area contributed by atoms with Crippen molar-refractivity contribution in [3.05, 3.63) is 58.2 Å². The van der Waals surface area contributed by atoms with Crippen LogP contribution in [0, 0.1) is 11.3 Å². The van der Waals surface area contributed by atoms with E-state index in [-0.39, 0.29) is 18.3 Å². The van der Waals surface area contributed by atoms with E-state index in [1.807, 2.05) is 12.1 Å². The lowest BCUT2D eigenvalue weighted by Crippen LogP contribution is -2.17. The van der Waals surface area contributed by atoms with Gasteiger partial charge in [-0.2, -0.15) is 5.26 Å². The first kappa shape index (κ1) is 23.0. The van der Waals surface area contributed by atoms with Gasteiger partial charge in [-0.3, -0.25) is 9.78 Å². The third-order valence-corrected chi connectivity index (χ3v) is 7.40. The number of carbonyl (C=O) groups is 2. The highest BCUT2D eigenvalue weighted by atomic mass is 32.2. The number of rotatable bonds is 7. The molecule has 168 valence electrons. The molecule has 1 N–H and O–H groups in total. The molecule has 0 aliphatic heterocycles. The third kappa shape index (κ3) is 5.24. The molecule has 0 spiro atoms. The third-order valence-electron chi connectivity index (χ3n) is 5.20. The Balaban J connectivity index is 1.51. The van der Waals surface area contributed by atoms with Crippen molar-refractivity contribution >= 4 is 40.0 Å². The molecule has 0 saturated heterocycles. The number of hydrogen-bond acceptors (Lipinski definition) is 8. The van der Waals surface area contributed by atoms with Crippen molar-refractivity contribution in [3.63, 3.8) is 0 Å². The summed E-state index contributed by atoms with van der Waals surface area (Å²) < 4.78 is 5.25. The van der Waals surface area contributed by atoms with Crippen molar-refractivity contribution in [1.29, 1.82) is 5.26 Å². The van der Waals surface area contributed by atoms with Crippen LogP contribution in [0.5, 0.6) is 0 Å². The summed E-state index contributed by atoms with van der Waals surface area (Å²) >= 11 is 2.65. The fourth-order valence-corrected chi connectivity index (χ4v) is 5.75. The summed E-state index contributed by atoms with van der Waals surface area (Å²) in [6, 6.07) is 9.29. The topological polar surface area (TPSA) is 105 Å². The number of aromatic nitrogens is 2. The van der Waals surface area contributed by atoms with E-state index in [0.717, 1.165) is 41.7 Å². The summed E-state index contributed by atoms with van der Waals surface area (Å²) in [6.45, 7) is 2.05. The van der Waals surface area contributed by atoms with Gasteiger partial charge in [0.2, 0.25) is 5.91 Å². The average molecular weight is 479 g/mol. The first-order chi connectivity index (χ1) is 16.1. The van der Waals surface area contributed by atoms with E-state index < -0.39 is 5.97 Å². The Bertz CT molecular complexity index is 1220. The Hall–Kier alpha value is -3.22. The Morgan fingerprint density at radius 3 is 2.76 bits per heavy atom. The fourth-order valence-electron chi connectivity index (χ4n) is 3.69. The number of thioether (sulfide) groups is 1. The second kappa shape index (κ2) is 10.6. The van der Waals surface area contributed by atoms with Gasteiger partial charge in [0.25, 0.3) is 0 Å². The van der Waals surface area contributed by atoms with Crippen LogP contribution >= 0.6 is 23.1 Å². The largest absolute Gasteiger partial charge is 0.462 e. The number of hydrogen-bond donors (Lipinski definition) is 1. The number of thiophene rings is 1. The molecule has 1 aliphatic carbocycles. The minimum absolute atomic E-state index is 0.0618. The van der Waals surface area contributed by atoms with Crippen molar-refractivity contribution < 1.29 is 14.3 Å². The maximum Gasteiger partial charge on any atom is 0.341 e. The zero-order valence-electron chi connectivity index (χ0n) is 18.1. The van der Waals surface area contributed by atoms with E-state index in [1.165, 1.54) is 23.1 Å². The predicted molar refractivity (Wildman–Crippen MR) is 128 cm³/mol. The number of ether oxygens (including phenoxy) is 1. The van der Waals surface area contributed by atoms with E-state index in [4.69, 9.17) is 4.74 Å². The summed E-state index contributed by atoms with van der Waals surface area (Å²) in [5, 5.41) is 13.4. The molecule has 0 atom stereocenters. The molecule has 1 aliphatic rings. The molecule has 0 aromatic carbocycles. The van der Waals surface area contributed by atoms with E-state index in [1.54, 1.807) is 31.5 Å². The summed E-state index contributed by atoms with van der Waals surface area (Å²) in [7, 11) is 0. The number of esters is 1.